The summed E-state index contributed by atoms with van der Waals surface area (Å²) in [5.74, 6) is 1.13. The molecule has 2 N–H and O–H groups in total. The Morgan fingerprint density at radius 2 is 1.73 bits per heavy atom. The minimum atomic E-state index is -3.56. The lowest BCUT2D eigenvalue weighted by Gasteiger charge is -2.28. The van der Waals surface area contributed by atoms with E-state index in [1.54, 1.807) is 49.6 Å². The molecule has 0 saturated heterocycles. The molecule has 2 aromatic rings. The molecule has 2 aromatic carbocycles. The lowest BCUT2D eigenvalue weighted by molar-refractivity contribution is 0.354. The highest BCUT2D eigenvalue weighted by atomic mass is 32.2. The molecule has 0 radical (unpaired) electrons. The normalized spacial score (nSPS) is 18.9. The summed E-state index contributed by atoms with van der Waals surface area (Å²) in [7, 11) is -0.471. The number of hydrogen-bond donors (Lipinski definition) is 2. The van der Waals surface area contributed by atoms with Gasteiger partial charge >= 0.3 is 0 Å². The van der Waals surface area contributed by atoms with Crippen molar-refractivity contribution in [2.24, 2.45) is 0 Å². The third kappa shape index (κ3) is 2.49. The molecule has 3 rings (SSSR count). The molecule has 1 unspecified atom stereocenters. The lowest BCUT2D eigenvalue weighted by Crippen LogP contribution is -2.38. The maximum Gasteiger partial charge on any atom is 0.244 e. The maximum atomic E-state index is 12.3. The fourth-order valence-corrected chi connectivity index (χ4v) is 3.71. The van der Waals surface area contributed by atoms with Gasteiger partial charge in [-0.15, -0.1) is 0 Å². The van der Waals surface area contributed by atoms with Crippen molar-refractivity contribution in [1.29, 1.82) is 0 Å². The van der Waals surface area contributed by atoms with Crippen molar-refractivity contribution in [3.05, 3.63) is 48.0 Å². The Kier molecular flexibility index (Phi) is 3.67. The molecular weight excluding hydrogens is 304 g/mol. The molecule has 0 bridgehead atoms. The Morgan fingerprint density at radius 3 is 2.45 bits per heavy atom. The second kappa shape index (κ2) is 5.51. The quantitative estimate of drug-likeness (QED) is 0.906. The van der Waals surface area contributed by atoms with Crippen LogP contribution in [0.15, 0.2) is 47.4 Å². The molecule has 0 aromatic heterocycles. The number of sulfonamides is 1. The first-order chi connectivity index (χ1) is 10.5. The number of nitrogens with one attached hydrogen (secondary N) is 2. The van der Waals surface area contributed by atoms with Gasteiger partial charge in [-0.25, -0.2) is 8.42 Å². The van der Waals surface area contributed by atoms with E-state index in [4.69, 9.17) is 9.47 Å². The van der Waals surface area contributed by atoms with Crippen LogP contribution >= 0.6 is 0 Å². The SMILES string of the molecule is COc1ccc(C2Nc3ccccc3S(=O)(=O)N2)cc1OC. The van der Waals surface area contributed by atoms with E-state index in [0.29, 0.717) is 17.2 Å². The van der Waals surface area contributed by atoms with Crippen LogP contribution in [-0.4, -0.2) is 22.6 Å². The number of rotatable bonds is 3. The number of anilines is 1. The fraction of sp³-hybridized carbons (Fsp3) is 0.200. The summed E-state index contributed by atoms with van der Waals surface area (Å²) in [6, 6.07) is 12.1. The van der Waals surface area contributed by atoms with E-state index in [1.165, 1.54) is 7.11 Å². The van der Waals surface area contributed by atoms with E-state index in [9.17, 15) is 8.42 Å². The van der Waals surface area contributed by atoms with Gasteiger partial charge < -0.3 is 14.8 Å². The Hall–Kier alpha value is -2.25. The topological polar surface area (TPSA) is 76.7 Å². The predicted molar refractivity (Wildman–Crippen MR) is 82.7 cm³/mol. The highest BCUT2D eigenvalue weighted by Crippen LogP contribution is 2.34. The smallest absolute Gasteiger partial charge is 0.244 e. The number of para-hydroxylation sites is 1. The van der Waals surface area contributed by atoms with Gasteiger partial charge in [0.15, 0.2) is 11.5 Å². The maximum absolute atomic E-state index is 12.3. The summed E-state index contributed by atoms with van der Waals surface area (Å²) in [5, 5.41) is 3.17. The molecule has 1 aliphatic heterocycles. The van der Waals surface area contributed by atoms with Crippen LogP contribution in [0.4, 0.5) is 5.69 Å². The van der Waals surface area contributed by atoms with Crippen molar-refractivity contribution in [3.8, 4) is 11.5 Å². The summed E-state index contributed by atoms with van der Waals surface area (Å²) < 4.78 is 37.7. The van der Waals surface area contributed by atoms with Gasteiger partial charge in [-0.3, -0.25) is 0 Å². The van der Waals surface area contributed by atoms with Crippen molar-refractivity contribution in [1.82, 2.24) is 4.72 Å². The molecule has 6 nitrogen and oxygen atoms in total. The number of ether oxygens (including phenoxy) is 2. The summed E-state index contributed by atoms with van der Waals surface area (Å²) in [6.45, 7) is 0. The second-order valence-corrected chi connectivity index (χ2v) is 6.49. The van der Waals surface area contributed by atoms with Gasteiger partial charge in [0.05, 0.1) is 19.9 Å². The van der Waals surface area contributed by atoms with Crippen LogP contribution in [0, 0.1) is 0 Å². The van der Waals surface area contributed by atoms with Crippen molar-refractivity contribution in [2.75, 3.05) is 19.5 Å². The van der Waals surface area contributed by atoms with Crippen LogP contribution in [0.1, 0.15) is 11.7 Å². The summed E-state index contributed by atoms with van der Waals surface area (Å²) in [4.78, 5) is 0.242. The molecule has 1 heterocycles. The van der Waals surface area contributed by atoms with Crippen LogP contribution in [0.3, 0.4) is 0 Å². The highest BCUT2D eigenvalue weighted by Gasteiger charge is 2.29. The van der Waals surface area contributed by atoms with Crippen LogP contribution in [-0.2, 0) is 10.0 Å². The molecule has 0 spiro atoms. The fourth-order valence-electron chi connectivity index (χ4n) is 2.41. The van der Waals surface area contributed by atoms with Gasteiger partial charge in [-0.1, -0.05) is 18.2 Å². The standard InChI is InChI=1S/C15H16N2O4S/c1-20-12-8-7-10(9-13(12)21-2)15-16-11-5-3-4-6-14(11)22(18,19)17-15/h3-9,15-17H,1-2H3. The van der Waals surface area contributed by atoms with Crippen molar-refractivity contribution in [3.63, 3.8) is 0 Å². The molecule has 22 heavy (non-hydrogen) atoms. The monoisotopic (exact) mass is 320 g/mol. The van der Waals surface area contributed by atoms with Gasteiger partial charge in [-0.05, 0) is 29.8 Å². The molecule has 1 aliphatic rings. The average Bonchev–Trinajstić information content (AvgIpc) is 2.53. The zero-order chi connectivity index (χ0) is 15.7. The largest absolute Gasteiger partial charge is 0.493 e. The zero-order valence-corrected chi connectivity index (χ0v) is 13.0. The Morgan fingerprint density at radius 1 is 1.00 bits per heavy atom. The minimum absolute atomic E-state index is 0.242. The van der Waals surface area contributed by atoms with E-state index in [2.05, 4.69) is 10.0 Å². The van der Waals surface area contributed by atoms with E-state index in [-0.39, 0.29) is 4.90 Å². The van der Waals surface area contributed by atoms with Crippen LogP contribution < -0.4 is 19.5 Å². The molecule has 0 amide bonds. The first-order valence-corrected chi connectivity index (χ1v) is 8.13. The number of benzene rings is 2. The molecule has 0 fully saturated rings. The zero-order valence-electron chi connectivity index (χ0n) is 12.2. The molecule has 7 heteroatoms. The third-order valence-electron chi connectivity index (χ3n) is 3.49. The van der Waals surface area contributed by atoms with Gasteiger partial charge in [0, 0.05) is 0 Å². The van der Waals surface area contributed by atoms with Crippen LogP contribution in [0.2, 0.25) is 0 Å². The lowest BCUT2D eigenvalue weighted by atomic mass is 10.1. The third-order valence-corrected chi connectivity index (χ3v) is 4.97. The van der Waals surface area contributed by atoms with E-state index >= 15 is 0 Å². The Balaban J connectivity index is 2.01. The van der Waals surface area contributed by atoms with E-state index in [0.717, 1.165) is 5.56 Å². The van der Waals surface area contributed by atoms with Gasteiger partial charge in [0.2, 0.25) is 10.0 Å². The van der Waals surface area contributed by atoms with Crippen LogP contribution in [0.25, 0.3) is 0 Å². The van der Waals surface area contributed by atoms with E-state index in [1.807, 2.05) is 0 Å². The van der Waals surface area contributed by atoms with E-state index < -0.39 is 16.2 Å². The number of methoxy groups -OCH3 is 2. The molecule has 1 atom stereocenters. The average molecular weight is 320 g/mol. The van der Waals surface area contributed by atoms with Gasteiger partial charge in [0.1, 0.15) is 11.1 Å². The van der Waals surface area contributed by atoms with Gasteiger partial charge in [0.25, 0.3) is 0 Å². The van der Waals surface area contributed by atoms with Crippen molar-refractivity contribution < 1.29 is 17.9 Å². The first-order valence-electron chi connectivity index (χ1n) is 6.65. The number of fused-ring (bicyclic) bond motifs is 1. The first kappa shape index (κ1) is 14.7. The molecule has 0 aliphatic carbocycles. The minimum Gasteiger partial charge on any atom is -0.493 e. The van der Waals surface area contributed by atoms with Crippen molar-refractivity contribution >= 4 is 15.7 Å². The summed E-state index contributed by atoms with van der Waals surface area (Å²) in [6.07, 6.45) is -0.570. The molecule has 0 saturated carbocycles. The predicted octanol–water partition coefficient (Wildman–Crippen LogP) is 2.11. The Labute approximate surface area is 129 Å². The molecule has 116 valence electrons. The second-order valence-electron chi connectivity index (χ2n) is 4.81. The highest BCUT2D eigenvalue weighted by molar-refractivity contribution is 7.89. The Bertz CT molecular complexity index is 805. The number of hydrogen-bond acceptors (Lipinski definition) is 5. The van der Waals surface area contributed by atoms with Crippen molar-refractivity contribution in [2.45, 2.75) is 11.1 Å². The summed E-state index contributed by atoms with van der Waals surface area (Å²) in [5.41, 5.74) is 1.30. The van der Waals surface area contributed by atoms with Gasteiger partial charge in [-0.2, -0.15) is 4.72 Å². The molecular formula is C15H16N2O4S. The summed E-state index contributed by atoms with van der Waals surface area (Å²) >= 11 is 0. The van der Waals surface area contributed by atoms with Crippen LogP contribution in [0.5, 0.6) is 11.5 Å².